The molecule has 1 heterocycles. The van der Waals surface area contributed by atoms with E-state index in [1.807, 2.05) is 0 Å². The Morgan fingerprint density at radius 1 is 1.42 bits per heavy atom. The van der Waals surface area contributed by atoms with Gasteiger partial charge in [-0.15, -0.1) is 0 Å². The van der Waals surface area contributed by atoms with E-state index in [9.17, 15) is 14.0 Å². The average Bonchev–Trinajstić information content (AvgIpc) is 2.30. The van der Waals surface area contributed by atoms with Crippen molar-refractivity contribution in [3.05, 3.63) is 56.7 Å². The maximum absolute atomic E-state index is 13.2. The van der Waals surface area contributed by atoms with Crippen LogP contribution in [0, 0.1) is 12.7 Å². The van der Waals surface area contributed by atoms with E-state index in [0.29, 0.717) is 0 Å². The second-order valence-corrected chi connectivity index (χ2v) is 4.30. The first-order valence-corrected chi connectivity index (χ1v) is 5.56. The van der Waals surface area contributed by atoms with Gasteiger partial charge in [0.1, 0.15) is 5.82 Å². The Labute approximate surface area is 111 Å². The number of carboxylic acids is 1. The normalized spacial score (nSPS) is 10.5. The third-order valence-corrected chi connectivity index (χ3v) is 2.63. The van der Waals surface area contributed by atoms with Gasteiger partial charge in [-0.05, 0) is 25.1 Å². The Kier molecular flexibility index (Phi) is 3.35. The fourth-order valence-corrected chi connectivity index (χ4v) is 1.77. The van der Waals surface area contributed by atoms with Crippen molar-refractivity contribution >= 4 is 17.6 Å². The van der Waals surface area contributed by atoms with E-state index in [2.05, 4.69) is 5.10 Å². The van der Waals surface area contributed by atoms with Gasteiger partial charge in [-0.2, -0.15) is 5.10 Å². The van der Waals surface area contributed by atoms with Gasteiger partial charge in [-0.1, -0.05) is 11.6 Å². The van der Waals surface area contributed by atoms with Crippen LogP contribution in [0.2, 0.25) is 5.02 Å². The standard InChI is InChI=1S/C12H8ClFN2O3/c1-6-5-16(15-10(11(6)17)12(18)19)9-3-7(13)2-8(14)4-9/h2-5H,1H3,(H,18,19). The number of rotatable bonds is 2. The summed E-state index contributed by atoms with van der Waals surface area (Å²) in [4.78, 5) is 22.5. The van der Waals surface area contributed by atoms with Crippen molar-refractivity contribution < 1.29 is 14.3 Å². The first-order chi connectivity index (χ1) is 8.88. The second kappa shape index (κ2) is 4.81. The minimum atomic E-state index is -1.44. The van der Waals surface area contributed by atoms with Crippen molar-refractivity contribution in [3.8, 4) is 5.69 Å². The van der Waals surface area contributed by atoms with Crippen molar-refractivity contribution in [3.63, 3.8) is 0 Å². The smallest absolute Gasteiger partial charge is 0.360 e. The van der Waals surface area contributed by atoms with Crippen LogP contribution in [0.5, 0.6) is 0 Å². The monoisotopic (exact) mass is 282 g/mol. The first kappa shape index (κ1) is 13.2. The SMILES string of the molecule is Cc1cn(-c2cc(F)cc(Cl)c2)nc(C(=O)O)c1=O. The average molecular weight is 283 g/mol. The van der Waals surface area contributed by atoms with Crippen LogP contribution < -0.4 is 5.43 Å². The maximum atomic E-state index is 13.2. The quantitative estimate of drug-likeness (QED) is 0.915. The van der Waals surface area contributed by atoms with Crippen LogP contribution in [-0.2, 0) is 0 Å². The number of aromatic carboxylic acids is 1. The van der Waals surface area contributed by atoms with E-state index in [4.69, 9.17) is 16.7 Å². The molecular formula is C12H8ClFN2O3. The highest BCUT2D eigenvalue weighted by molar-refractivity contribution is 6.30. The first-order valence-electron chi connectivity index (χ1n) is 5.19. The summed E-state index contributed by atoms with van der Waals surface area (Å²) in [6, 6.07) is 3.65. The van der Waals surface area contributed by atoms with Crippen LogP contribution in [0.4, 0.5) is 4.39 Å². The lowest BCUT2D eigenvalue weighted by molar-refractivity contribution is 0.0686. The molecule has 0 spiro atoms. The van der Waals surface area contributed by atoms with Crippen molar-refractivity contribution in [2.45, 2.75) is 6.92 Å². The van der Waals surface area contributed by atoms with E-state index in [-0.39, 0.29) is 16.3 Å². The van der Waals surface area contributed by atoms with Gasteiger partial charge in [0.2, 0.25) is 11.1 Å². The van der Waals surface area contributed by atoms with Crippen LogP contribution >= 0.6 is 11.6 Å². The minimum Gasteiger partial charge on any atom is -0.476 e. The Balaban J connectivity index is 2.69. The summed E-state index contributed by atoms with van der Waals surface area (Å²) in [6.07, 6.45) is 1.32. The third kappa shape index (κ3) is 2.63. The largest absolute Gasteiger partial charge is 0.476 e. The molecule has 1 aromatic carbocycles. The number of hydrogen-bond acceptors (Lipinski definition) is 3. The highest BCUT2D eigenvalue weighted by atomic mass is 35.5. The molecule has 0 radical (unpaired) electrons. The van der Waals surface area contributed by atoms with Gasteiger partial charge in [0.25, 0.3) is 0 Å². The molecule has 0 unspecified atom stereocenters. The predicted molar refractivity (Wildman–Crippen MR) is 66.5 cm³/mol. The molecule has 7 heteroatoms. The number of carbonyl (C=O) groups is 1. The molecule has 0 aliphatic carbocycles. The highest BCUT2D eigenvalue weighted by Gasteiger charge is 2.14. The van der Waals surface area contributed by atoms with Gasteiger partial charge < -0.3 is 5.11 Å². The number of hydrogen-bond donors (Lipinski definition) is 1. The summed E-state index contributed by atoms with van der Waals surface area (Å²) in [5.41, 5.74) is -0.880. The summed E-state index contributed by atoms with van der Waals surface area (Å²) in [5, 5.41) is 12.7. The molecule has 2 rings (SSSR count). The topological polar surface area (TPSA) is 72.2 Å². The zero-order chi connectivity index (χ0) is 14.2. The summed E-state index contributed by atoms with van der Waals surface area (Å²) >= 11 is 5.71. The molecule has 0 bridgehead atoms. The van der Waals surface area contributed by atoms with Gasteiger partial charge in [-0.3, -0.25) is 4.79 Å². The van der Waals surface area contributed by atoms with E-state index < -0.39 is 22.9 Å². The Morgan fingerprint density at radius 3 is 2.68 bits per heavy atom. The Hall–Kier alpha value is -2.21. The summed E-state index contributed by atoms with van der Waals surface area (Å²) in [7, 11) is 0. The van der Waals surface area contributed by atoms with E-state index >= 15 is 0 Å². The molecule has 98 valence electrons. The predicted octanol–water partition coefficient (Wildman–Crippen LogP) is 2.03. The van der Waals surface area contributed by atoms with Crippen LogP contribution in [0.1, 0.15) is 16.1 Å². The number of aromatic nitrogens is 2. The second-order valence-electron chi connectivity index (χ2n) is 3.87. The lowest BCUT2D eigenvalue weighted by Gasteiger charge is -2.08. The number of carboxylic acid groups (broad SMARTS) is 1. The summed E-state index contributed by atoms with van der Waals surface area (Å²) < 4.78 is 14.4. The highest BCUT2D eigenvalue weighted by Crippen LogP contribution is 2.16. The zero-order valence-electron chi connectivity index (χ0n) is 9.72. The number of nitrogens with zero attached hydrogens (tertiary/aromatic N) is 2. The van der Waals surface area contributed by atoms with Gasteiger partial charge in [-0.25, -0.2) is 13.9 Å². The molecule has 0 aliphatic rings. The van der Waals surface area contributed by atoms with Gasteiger partial charge in [0.15, 0.2) is 0 Å². The van der Waals surface area contributed by atoms with Crippen LogP contribution in [0.25, 0.3) is 5.69 Å². The summed E-state index contributed by atoms with van der Waals surface area (Å²) in [5.74, 6) is -2.03. The van der Waals surface area contributed by atoms with Crippen LogP contribution in [0.15, 0.2) is 29.2 Å². The van der Waals surface area contributed by atoms with Crippen LogP contribution in [0.3, 0.4) is 0 Å². The number of aryl methyl sites for hydroxylation is 1. The number of benzene rings is 1. The molecule has 0 fully saturated rings. The molecule has 2 aromatic rings. The molecule has 0 saturated heterocycles. The van der Waals surface area contributed by atoms with Crippen molar-refractivity contribution in [1.29, 1.82) is 0 Å². The molecule has 0 amide bonds. The van der Waals surface area contributed by atoms with Gasteiger partial charge in [0.05, 0.1) is 5.69 Å². The number of halogens is 2. The van der Waals surface area contributed by atoms with E-state index in [1.54, 1.807) is 0 Å². The van der Waals surface area contributed by atoms with Crippen molar-refractivity contribution in [1.82, 2.24) is 9.78 Å². The molecule has 0 aliphatic heterocycles. The molecule has 19 heavy (non-hydrogen) atoms. The lowest BCUT2D eigenvalue weighted by Crippen LogP contribution is -2.23. The van der Waals surface area contributed by atoms with Gasteiger partial charge in [0, 0.05) is 16.8 Å². The summed E-state index contributed by atoms with van der Waals surface area (Å²) in [6.45, 7) is 1.45. The van der Waals surface area contributed by atoms with Gasteiger partial charge >= 0.3 is 5.97 Å². The fourth-order valence-electron chi connectivity index (χ4n) is 1.55. The lowest BCUT2D eigenvalue weighted by atomic mass is 10.2. The maximum Gasteiger partial charge on any atom is 0.360 e. The fraction of sp³-hybridized carbons (Fsp3) is 0.0833. The van der Waals surface area contributed by atoms with E-state index in [1.165, 1.54) is 19.2 Å². The van der Waals surface area contributed by atoms with E-state index in [0.717, 1.165) is 16.8 Å². The molecule has 0 saturated carbocycles. The Morgan fingerprint density at radius 2 is 2.11 bits per heavy atom. The molecule has 5 nitrogen and oxygen atoms in total. The zero-order valence-corrected chi connectivity index (χ0v) is 10.5. The molecular weight excluding hydrogens is 275 g/mol. The minimum absolute atomic E-state index is 0.144. The van der Waals surface area contributed by atoms with Crippen molar-refractivity contribution in [2.24, 2.45) is 0 Å². The van der Waals surface area contributed by atoms with Crippen molar-refractivity contribution in [2.75, 3.05) is 0 Å². The molecule has 1 N–H and O–H groups in total. The molecule has 1 aromatic heterocycles. The Bertz CT molecular complexity index is 707. The third-order valence-electron chi connectivity index (χ3n) is 2.41. The van der Waals surface area contributed by atoms with Crippen LogP contribution in [-0.4, -0.2) is 20.9 Å². The molecule has 0 atom stereocenters.